The third-order valence-electron chi connectivity index (χ3n) is 6.16. The summed E-state index contributed by atoms with van der Waals surface area (Å²) in [6.45, 7) is 0.277. The van der Waals surface area contributed by atoms with E-state index in [1.165, 1.54) is 21.3 Å². The van der Waals surface area contributed by atoms with Crippen LogP contribution < -0.4 is 28.6 Å². The highest BCUT2D eigenvalue weighted by Gasteiger charge is 2.50. The summed E-state index contributed by atoms with van der Waals surface area (Å²) in [6, 6.07) is 8.59. The van der Waals surface area contributed by atoms with Crippen LogP contribution in [0.1, 0.15) is 37.3 Å². The SMILES string of the molecule is COc1ccc([C@H]2[C@@H](CO)C(=O)N2c2cc(OC)c(OC)c(OC)c2)c(OCCCCCCBr)c1. The number of anilines is 1. The lowest BCUT2D eigenvalue weighted by Gasteiger charge is -2.47. The molecule has 1 N–H and O–H groups in total. The molecule has 1 saturated heterocycles. The molecule has 0 unspecified atom stereocenters. The monoisotopic (exact) mass is 551 g/mol. The van der Waals surface area contributed by atoms with Crippen LogP contribution in [0.4, 0.5) is 5.69 Å². The zero-order valence-corrected chi connectivity index (χ0v) is 22.3. The Bertz CT molecular complexity index is 975. The van der Waals surface area contributed by atoms with Gasteiger partial charge in [-0.1, -0.05) is 28.8 Å². The normalized spacial score (nSPS) is 17.1. The molecule has 0 saturated carbocycles. The Kier molecular flexibility index (Phi) is 9.92. The first-order valence-corrected chi connectivity index (χ1v) is 12.8. The molecule has 2 aromatic carbocycles. The summed E-state index contributed by atoms with van der Waals surface area (Å²) in [7, 11) is 6.19. The molecule has 0 aromatic heterocycles. The Morgan fingerprint density at radius 1 is 0.886 bits per heavy atom. The Morgan fingerprint density at radius 3 is 2.14 bits per heavy atom. The number of rotatable bonds is 14. The van der Waals surface area contributed by atoms with Crippen molar-refractivity contribution in [3.05, 3.63) is 35.9 Å². The van der Waals surface area contributed by atoms with Crippen molar-refractivity contribution in [1.82, 2.24) is 0 Å². The molecule has 1 aliphatic rings. The number of β-lactam (4-membered cyclic amide) rings is 1. The van der Waals surface area contributed by atoms with Gasteiger partial charge in [0.2, 0.25) is 11.7 Å². The second-order valence-electron chi connectivity index (χ2n) is 8.18. The third kappa shape index (κ3) is 5.78. The minimum atomic E-state index is -0.594. The molecule has 0 radical (unpaired) electrons. The zero-order chi connectivity index (χ0) is 25.4. The minimum absolute atomic E-state index is 0.191. The van der Waals surface area contributed by atoms with Crippen LogP contribution in [0.3, 0.4) is 0 Å². The van der Waals surface area contributed by atoms with Crippen molar-refractivity contribution in [1.29, 1.82) is 0 Å². The number of methoxy groups -OCH3 is 4. The summed E-state index contributed by atoms with van der Waals surface area (Å²) < 4.78 is 28.0. The average Bonchev–Trinajstić information content (AvgIpc) is 2.88. The van der Waals surface area contributed by atoms with E-state index in [1.54, 1.807) is 24.1 Å². The highest BCUT2D eigenvalue weighted by atomic mass is 79.9. The fraction of sp³-hybridized carbons (Fsp3) is 0.500. The maximum atomic E-state index is 13.1. The van der Waals surface area contributed by atoms with Crippen molar-refractivity contribution in [2.75, 3.05) is 51.9 Å². The summed E-state index contributed by atoms with van der Waals surface area (Å²) in [5.74, 6) is 1.83. The number of halogens is 1. The van der Waals surface area contributed by atoms with Crippen LogP contribution in [0.15, 0.2) is 30.3 Å². The average molecular weight is 552 g/mol. The van der Waals surface area contributed by atoms with Gasteiger partial charge in [0.1, 0.15) is 11.5 Å². The van der Waals surface area contributed by atoms with E-state index < -0.39 is 12.0 Å². The standard InChI is InChI=1S/C26H34BrNO7/c1-31-18-9-10-19(21(15-18)35-12-8-6-5-7-11-27)24-20(16-29)26(30)28(24)17-13-22(32-2)25(34-4)23(14-17)33-3/h9-10,13-15,20,24,29H,5-8,11-12,16H2,1-4H3/t20-,24+/m1/s1. The van der Waals surface area contributed by atoms with E-state index in [2.05, 4.69) is 15.9 Å². The number of ether oxygens (including phenoxy) is 5. The van der Waals surface area contributed by atoms with Crippen LogP contribution in [0.25, 0.3) is 0 Å². The number of amides is 1. The predicted octanol–water partition coefficient (Wildman–Crippen LogP) is 4.75. The zero-order valence-electron chi connectivity index (χ0n) is 20.7. The molecule has 0 spiro atoms. The molecule has 1 amide bonds. The van der Waals surface area contributed by atoms with Gasteiger partial charge in [-0.05, 0) is 25.0 Å². The van der Waals surface area contributed by atoms with Gasteiger partial charge in [0, 0.05) is 29.1 Å². The largest absolute Gasteiger partial charge is 0.497 e. The maximum Gasteiger partial charge on any atom is 0.235 e. The molecule has 8 nitrogen and oxygen atoms in total. The van der Waals surface area contributed by atoms with E-state index in [0.717, 1.165) is 36.6 Å². The van der Waals surface area contributed by atoms with E-state index in [9.17, 15) is 9.90 Å². The summed E-state index contributed by atoms with van der Waals surface area (Å²) in [5.41, 5.74) is 1.38. The fourth-order valence-electron chi connectivity index (χ4n) is 4.32. The van der Waals surface area contributed by atoms with Gasteiger partial charge in [-0.3, -0.25) is 4.79 Å². The highest BCUT2D eigenvalue weighted by Crippen LogP contribution is 2.50. The topological polar surface area (TPSA) is 86.7 Å². The number of hydrogen-bond acceptors (Lipinski definition) is 7. The van der Waals surface area contributed by atoms with Crippen molar-refractivity contribution in [3.8, 4) is 28.7 Å². The Labute approximate surface area is 215 Å². The molecule has 35 heavy (non-hydrogen) atoms. The second kappa shape index (κ2) is 12.9. The van der Waals surface area contributed by atoms with E-state index in [4.69, 9.17) is 23.7 Å². The number of carbonyl (C=O) groups is 1. The number of unbranched alkanes of at least 4 members (excludes halogenated alkanes) is 3. The Balaban J connectivity index is 1.95. The number of carbonyl (C=O) groups excluding carboxylic acids is 1. The van der Waals surface area contributed by atoms with Crippen LogP contribution >= 0.6 is 15.9 Å². The highest BCUT2D eigenvalue weighted by molar-refractivity contribution is 9.09. The maximum absolute atomic E-state index is 13.1. The van der Waals surface area contributed by atoms with Gasteiger partial charge in [0.15, 0.2) is 11.5 Å². The molecule has 1 heterocycles. The van der Waals surface area contributed by atoms with Gasteiger partial charge in [-0.25, -0.2) is 0 Å². The smallest absolute Gasteiger partial charge is 0.235 e. The van der Waals surface area contributed by atoms with Crippen LogP contribution in [0, 0.1) is 5.92 Å². The number of nitrogens with zero attached hydrogens (tertiary/aromatic N) is 1. The number of hydrogen-bond donors (Lipinski definition) is 1. The van der Waals surface area contributed by atoms with E-state index in [-0.39, 0.29) is 12.5 Å². The minimum Gasteiger partial charge on any atom is -0.497 e. The van der Waals surface area contributed by atoms with Crippen molar-refractivity contribution in [2.24, 2.45) is 5.92 Å². The van der Waals surface area contributed by atoms with Gasteiger partial charge in [0.05, 0.1) is 59.3 Å². The van der Waals surface area contributed by atoms with Crippen LogP contribution in [-0.2, 0) is 4.79 Å². The lowest BCUT2D eigenvalue weighted by atomic mass is 9.81. The van der Waals surface area contributed by atoms with Gasteiger partial charge in [-0.15, -0.1) is 0 Å². The third-order valence-corrected chi connectivity index (χ3v) is 6.72. The molecule has 2 atom stereocenters. The van der Waals surface area contributed by atoms with Gasteiger partial charge >= 0.3 is 0 Å². The van der Waals surface area contributed by atoms with Crippen molar-refractivity contribution in [2.45, 2.75) is 31.7 Å². The van der Waals surface area contributed by atoms with Crippen molar-refractivity contribution < 1.29 is 33.6 Å². The first kappa shape index (κ1) is 26.9. The molecule has 0 aliphatic carbocycles. The lowest BCUT2D eigenvalue weighted by Crippen LogP contribution is -2.56. The molecule has 192 valence electrons. The summed E-state index contributed by atoms with van der Waals surface area (Å²) in [6.07, 6.45) is 4.27. The number of aliphatic hydroxyl groups is 1. The van der Waals surface area contributed by atoms with Gasteiger partial charge in [0.25, 0.3) is 0 Å². The first-order valence-electron chi connectivity index (χ1n) is 11.6. The molecule has 1 aliphatic heterocycles. The van der Waals surface area contributed by atoms with E-state index >= 15 is 0 Å². The summed E-state index contributed by atoms with van der Waals surface area (Å²) in [4.78, 5) is 14.7. The molecule has 3 rings (SSSR count). The number of benzene rings is 2. The Morgan fingerprint density at radius 2 is 1.57 bits per heavy atom. The molecular formula is C26H34BrNO7. The van der Waals surface area contributed by atoms with Crippen molar-refractivity contribution >= 4 is 27.5 Å². The van der Waals surface area contributed by atoms with Crippen molar-refractivity contribution in [3.63, 3.8) is 0 Å². The number of aliphatic hydroxyl groups excluding tert-OH is 1. The number of alkyl halides is 1. The van der Waals surface area contributed by atoms with E-state index in [0.29, 0.717) is 41.0 Å². The fourth-order valence-corrected chi connectivity index (χ4v) is 4.72. The van der Waals surface area contributed by atoms with Gasteiger partial charge < -0.3 is 33.7 Å². The molecule has 2 aromatic rings. The first-order chi connectivity index (χ1) is 17.0. The molecule has 1 fully saturated rings. The molecular weight excluding hydrogens is 518 g/mol. The molecule has 0 bridgehead atoms. The van der Waals surface area contributed by atoms with Crippen LogP contribution in [0.2, 0.25) is 0 Å². The predicted molar refractivity (Wildman–Crippen MR) is 138 cm³/mol. The lowest BCUT2D eigenvalue weighted by molar-refractivity contribution is -0.132. The second-order valence-corrected chi connectivity index (χ2v) is 8.97. The molecule has 9 heteroatoms. The van der Waals surface area contributed by atoms with Crippen LogP contribution in [-0.4, -0.2) is 58.0 Å². The van der Waals surface area contributed by atoms with Gasteiger partial charge in [-0.2, -0.15) is 0 Å². The quantitative estimate of drug-likeness (QED) is 0.206. The van der Waals surface area contributed by atoms with Crippen LogP contribution in [0.5, 0.6) is 28.7 Å². The Hall–Kier alpha value is -2.65. The summed E-state index contributed by atoms with van der Waals surface area (Å²) >= 11 is 3.46. The van der Waals surface area contributed by atoms with E-state index in [1.807, 2.05) is 18.2 Å². The summed E-state index contributed by atoms with van der Waals surface area (Å²) in [5, 5.41) is 11.0.